The van der Waals surface area contributed by atoms with Crippen molar-refractivity contribution in [2.24, 2.45) is 0 Å². The first kappa shape index (κ1) is 17.0. The lowest BCUT2D eigenvalue weighted by Crippen LogP contribution is -2.24. The number of halogens is 1. The molecule has 1 aromatic carbocycles. The van der Waals surface area contributed by atoms with Gasteiger partial charge in [0.2, 0.25) is 5.95 Å². The van der Waals surface area contributed by atoms with Crippen molar-refractivity contribution in [2.45, 2.75) is 20.4 Å². The van der Waals surface area contributed by atoms with Gasteiger partial charge in [0.25, 0.3) is 5.91 Å². The third-order valence-corrected chi connectivity index (χ3v) is 3.77. The summed E-state index contributed by atoms with van der Waals surface area (Å²) in [5.74, 6) is 0.716. The Hall–Kier alpha value is -2.86. The number of furan rings is 1. The maximum Gasteiger partial charge on any atom is 0.270 e. The van der Waals surface area contributed by atoms with Gasteiger partial charge in [-0.2, -0.15) is 0 Å². The average molecular weight is 357 g/mol. The first-order valence-electron chi connectivity index (χ1n) is 7.71. The highest BCUT2D eigenvalue weighted by molar-refractivity contribution is 6.30. The van der Waals surface area contributed by atoms with E-state index in [-0.39, 0.29) is 11.6 Å². The number of hydrogen-bond donors (Lipinski definition) is 2. The molecule has 0 aliphatic heterocycles. The van der Waals surface area contributed by atoms with E-state index in [0.29, 0.717) is 29.0 Å². The van der Waals surface area contributed by atoms with Gasteiger partial charge in [0.1, 0.15) is 11.5 Å². The van der Waals surface area contributed by atoms with Crippen molar-refractivity contribution >= 4 is 29.1 Å². The minimum Gasteiger partial charge on any atom is -0.467 e. The molecule has 0 unspecified atom stereocenters. The molecule has 0 saturated carbocycles. The van der Waals surface area contributed by atoms with Gasteiger partial charge in [-0.25, -0.2) is 9.97 Å². The summed E-state index contributed by atoms with van der Waals surface area (Å²) in [6.07, 6.45) is 1.56. The summed E-state index contributed by atoms with van der Waals surface area (Å²) in [4.78, 5) is 20.9. The third-order valence-electron chi connectivity index (χ3n) is 3.54. The molecule has 3 aromatic rings. The van der Waals surface area contributed by atoms with Gasteiger partial charge in [-0.3, -0.25) is 4.79 Å². The molecule has 128 valence electrons. The van der Waals surface area contributed by atoms with Gasteiger partial charge >= 0.3 is 0 Å². The molecule has 0 aliphatic carbocycles. The van der Waals surface area contributed by atoms with Crippen molar-refractivity contribution < 1.29 is 9.21 Å². The number of anilines is 2. The Morgan fingerprint density at radius 1 is 1.20 bits per heavy atom. The van der Waals surface area contributed by atoms with Gasteiger partial charge in [0, 0.05) is 16.4 Å². The zero-order chi connectivity index (χ0) is 17.8. The Kier molecular flexibility index (Phi) is 5.00. The molecule has 6 nitrogen and oxygen atoms in total. The summed E-state index contributed by atoms with van der Waals surface area (Å²) in [6, 6.07) is 10.7. The van der Waals surface area contributed by atoms with Crippen LogP contribution in [-0.4, -0.2) is 15.9 Å². The summed E-state index contributed by atoms with van der Waals surface area (Å²) in [7, 11) is 0. The molecule has 2 heterocycles. The normalized spacial score (nSPS) is 10.5. The third kappa shape index (κ3) is 4.36. The number of amides is 1. The van der Waals surface area contributed by atoms with Gasteiger partial charge in [-0.1, -0.05) is 17.7 Å². The van der Waals surface area contributed by atoms with E-state index in [9.17, 15) is 4.79 Å². The fraction of sp³-hybridized carbons (Fsp3) is 0.167. The predicted octanol–water partition coefficient (Wildman–Crippen LogP) is 4.01. The quantitative estimate of drug-likeness (QED) is 0.721. The highest BCUT2D eigenvalue weighted by atomic mass is 35.5. The molecule has 0 atom stereocenters. The Balaban J connectivity index is 1.77. The highest BCUT2D eigenvalue weighted by Gasteiger charge is 2.12. The number of benzene rings is 1. The molecule has 0 aliphatic rings. The van der Waals surface area contributed by atoms with Gasteiger partial charge in [-0.05, 0) is 49.7 Å². The van der Waals surface area contributed by atoms with Crippen molar-refractivity contribution in [1.82, 2.24) is 15.3 Å². The maximum atomic E-state index is 12.3. The van der Waals surface area contributed by atoms with Gasteiger partial charge in [-0.15, -0.1) is 0 Å². The SMILES string of the molecule is Cc1cc(C(=O)NCc2ccco2)nc(Nc2cc(Cl)ccc2C)n1. The van der Waals surface area contributed by atoms with Gasteiger partial charge in [0.15, 0.2) is 0 Å². The van der Waals surface area contributed by atoms with E-state index in [0.717, 1.165) is 11.3 Å². The second-order valence-corrected chi connectivity index (χ2v) is 6.00. The Bertz CT molecular complexity index is 894. The van der Waals surface area contributed by atoms with Crippen molar-refractivity contribution in [2.75, 3.05) is 5.32 Å². The summed E-state index contributed by atoms with van der Waals surface area (Å²) in [5, 5.41) is 6.49. The van der Waals surface area contributed by atoms with Crippen LogP contribution in [0.15, 0.2) is 47.1 Å². The van der Waals surface area contributed by atoms with Crippen LogP contribution in [0.2, 0.25) is 5.02 Å². The van der Waals surface area contributed by atoms with Gasteiger partial charge < -0.3 is 15.1 Å². The molecule has 0 bridgehead atoms. The van der Waals surface area contributed by atoms with E-state index >= 15 is 0 Å². The maximum absolute atomic E-state index is 12.3. The van der Waals surface area contributed by atoms with Crippen LogP contribution in [0.25, 0.3) is 0 Å². The first-order chi connectivity index (χ1) is 12.0. The largest absolute Gasteiger partial charge is 0.467 e. The summed E-state index contributed by atoms with van der Waals surface area (Å²) in [6.45, 7) is 4.05. The van der Waals surface area contributed by atoms with Crippen LogP contribution in [0.4, 0.5) is 11.6 Å². The van der Waals surface area contributed by atoms with Crippen molar-refractivity contribution in [3.8, 4) is 0 Å². The van der Waals surface area contributed by atoms with Crippen molar-refractivity contribution in [3.05, 3.63) is 70.4 Å². The molecule has 2 N–H and O–H groups in total. The lowest BCUT2D eigenvalue weighted by Gasteiger charge is -2.10. The fourth-order valence-electron chi connectivity index (χ4n) is 2.26. The smallest absolute Gasteiger partial charge is 0.270 e. The molecule has 0 radical (unpaired) electrons. The van der Waals surface area contributed by atoms with Crippen LogP contribution in [0.5, 0.6) is 0 Å². The summed E-state index contributed by atoms with van der Waals surface area (Å²) >= 11 is 6.03. The van der Waals surface area contributed by atoms with Gasteiger partial charge in [0.05, 0.1) is 12.8 Å². The zero-order valence-corrected chi connectivity index (χ0v) is 14.6. The Morgan fingerprint density at radius 3 is 2.80 bits per heavy atom. The average Bonchev–Trinajstić information content (AvgIpc) is 3.09. The molecule has 0 spiro atoms. The second kappa shape index (κ2) is 7.36. The van der Waals surface area contributed by atoms with Crippen LogP contribution in [0.1, 0.15) is 27.5 Å². The fourth-order valence-corrected chi connectivity index (χ4v) is 2.43. The van der Waals surface area contributed by atoms with E-state index in [4.69, 9.17) is 16.0 Å². The number of aromatic nitrogens is 2. The van der Waals surface area contributed by atoms with Crippen molar-refractivity contribution in [1.29, 1.82) is 0 Å². The molecule has 7 heteroatoms. The highest BCUT2D eigenvalue weighted by Crippen LogP contribution is 2.23. The molecule has 3 rings (SSSR count). The number of hydrogen-bond acceptors (Lipinski definition) is 5. The number of rotatable bonds is 5. The molecule has 2 aromatic heterocycles. The minimum absolute atomic E-state index is 0.279. The number of carbonyl (C=O) groups is 1. The van der Waals surface area contributed by atoms with Crippen LogP contribution < -0.4 is 10.6 Å². The van der Waals surface area contributed by atoms with E-state index in [1.54, 1.807) is 37.5 Å². The molecule has 25 heavy (non-hydrogen) atoms. The second-order valence-electron chi connectivity index (χ2n) is 5.56. The number of nitrogens with zero attached hydrogens (tertiary/aromatic N) is 2. The molecule has 0 fully saturated rings. The number of carbonyl (C=O) groups excluding carboxylic acids is 1. The molecule has 0 saturated heterocycles. The van der Waals surface area contributed by atoms with Crippen LogP contribution >= 0.6 is 11.6 Å². The van der Waals surface area contributed by atoms with Crippen LogP contribution in [0.3, 0.4) is 0 Å². The standard InChI is InChI=1S/C18H17ClN4O2/c1-11-5-6-13(19)9-15(11)22-18-21-12(2)8-16(23-18)17(24)20-10-14-4-3-7-25-14/h3-9H,10H2,1-2H3,(H,20,24)(H,21,22,23). The van der Waals surface area contributed by atoms with Crippen molar-refractivity contribution in [3.63, 3.8) is 0 Å². The van der Waals surface area contributed by atoms with Crippen LogP contribution in [0, 0.1) is 13.8 Å². The van der Waals surface area contributed by atoms with E-state index in [2.05, 4.69) is 20.6 Å². The van der Waals surface area contributed by atoms with Crippen LogP contribution in [-0.2, 0) is 6.54 Å². The summed E-state index contributed by atoms with van der Waals surface area (Å²) in [5.41, 5.74) is 2.75. The Labute approximate surface area is 150 Å². The predicted molar refractivity (Wildman–Crippen MR) is 96.1 cm³/mol. The first-order valence-corrected chi connectivity index (χ1v) is 8.08. The number of nitrogens with one attached hydrogen (secondary N) is 2. The minimum atomic E-state index is -0.298. The molecular weight excluding hydrogens is 340 g/mol. The lowest BCUT2D eigenvalue weighted by molar-refractivity contribution is 0.0943. The Morgan fingerprint density at radius 2 is 2.04 bits per heavy atom. The number of aryl methyl sites for hydroxylation is 2. The topological polar surface area (TPSA) is 80.0 Å². The zero-order valence-electron chi connectivity index (χ0n) is 13.8. The lowest BCUT2D eigenvalue weighted by atomic mass is 10.2. The van der Waals surface area contributed by atoms with E-state index in [1.807, 2.05) is 19.1 Å². The van der Waals surface area contributed by atoms with E-state index in [1.165, 1.54) is 0 Å². The summed E-state index contributed by atoms with van der Waals surface area (Å²) < 4.78 is 5.20. The van der Waals surface area contributed by atoms with E-state index < -0.39 is 0 Å². The molecular formula is C18H17ClN4O2. The monoisotopic (exact) mass is 356 g/mol. The molecule has 1 amide bonds.